The van der Waals surface area contributed by atoms with Crippen LogP contribution in [0.4, 0.5) is 10.5 Å². The van der Waals surface area contributed by atoms with Gasteiger partial charge in [-0.15, -0.1) is 0 Å². The number of carbonyl (C=O) groups is 3. The zero-order chi connectivity index (χ0) is 23.7. The molecule has 2 amide bonds. The summed E-state index contributed by atoms with van der Waals surface area (Å²) in [6.07, 6.45) is -0.703. The first-order chi connectivity index (χ1) is 15.1. The van der Waals surface area contributed by atoms with E-state index in [2.05, 4.69) is 5.32 Å². The molecule has 1 atom stereocenters. The summed E-state index contributed by atoms with van der Waals surface area (Å²) in [5.41, 5.74) is 0.693. The zero-order valence-electron chi connectivity index (χ0n) is 19.3. The van der Waals surface area contributed by atoms with Gasteiger partial charge in [-0.3, -0.25) is 14.5 Å². The number of nitrogens with one attached hydrogen (secondary N) is 1. The van der Waals surface area contributed by atoms with Crippen molar-refractivity contribution in [2.75, 3.05) is 11.4 Å². The Morgan fingerprint density at radius 3 is 2.03 bits per heavy atom. The molecule has 2 aromatic carbocycles. The highest BCUT2D eigenvalue weighted by atomic mass is 16.6. The molecule has 32 heavy (non-hydrogen) atoms. The normalized spacial score (nSPS) is 12.1. The molecular weight excluding hydrogens is 408 g/mol. The maximum absolute atomic E-state index is 13.4. The van der Waals surface area contributed by atoms with E-state index < -0.39 is 29.6 Å². The molecule has 0 radical (unpaired) electrons. The Labute approximate surface area is 189 Å². The van der Waals surface area contributed by atoms with Crippen molar-refractivity contribution in [1.82, 2.24) is 5.32 Å². The number of para-hydroxylation sites is 1. The Bertz CT molecular complexity index is 892. The van der Waals surface area contributed by atoms with Gasteiger partial charge >= 0.3 is 12.1 Å². The summed E-state index contributed by atoms with van der Waals surface area (Å²) < 4.78 is 10.7. The minimum Gasteiger partial charge on any atom is -0.459 e. The predicted molar refractivity (Wildman–Crippen MR) is 123 cm³/mol. The molecule has 0 aromatic heterocycles. The molecule has 7 nitrogen and oxygen atoms in total. The van der Waals surface area contributed by atoms with Crippen LogP contribution in [0.1, 0.15) is 40.2 Å². The molecule has 2 aromatic rings. The van der Waals surface area contributed by atoms with Gasteiger partial charge in [-0.1, -0.05) is 62.4 Å². The number of ether oxygens (including phenoxy) is 2. The van der Waals surface area contributed by atoms with Gasteiger partial charge < -0.3 is 14.8 Å². The van der Waals surface area contributed by atoms with Crippen LogP contribution < -0.4 is 10.2 Å². The average molecular weight is 441 g/mol. The number of rotatable bonds is 8. The summed E-state index contributed by atoms with van der Waals surface area (Å²) in [7, 11) is 0. The van der Waals surface area contributed by atoms with Crippen molar-refractivity contribution in [2.45, 2.75) is 52.9 Å². The fraction of sp³-hybridized carbons (Fsp3) is 0.400. The summed E-state index contributed by atoms with van der Waals surface area (Å²) in [5.74, 6) is -1.20. The lowest BCUT2D eigenvalue weighted by Crippen LogP contribution is -2.53. The first-order valence-corrected chi connectivity index (χ1v) is 10.6. The van der Waals surface area contributed by atoms with Gasteiger partial charge in [0.1, 0.15) is 24.8 Å². The molecule has 0 heterocycles. The molecule has 0 aliphatic rings. The Hall–Kier alpha value is -3.35. The monoisotopic (exact) mass is 440 g/mol. The molecule has 7 heteroatoms. The topological polar surface area (TPSA) is 84.9 Å². The molecule has 0 spiro atoms. The quantitative estimate of drug-likeness (QED) is 0.618. The second-order valence-corrected chi connectivity index (χ2v) is 8.77. The molecule has 0 aliphatic carbocycles. The van der Waals surface area contributed by atoms with Crippen molar-refractivity contribution >= 4 is 23.7 Å². The van der Waals surface area contributed by atoms with Gasteiger partial charge in [0.05, 0.1) is 0 Å². The van der Waals surface area contributed by atoms with E-state index >= 15 is 0 Å². The van der Waals surface area contributed by atoms with E-state index in [0.717, 1.165) is 5.56 Å². The van der Waals surface area contributed by atoms with E-state index in [1.165, 1.54) is 4.90 Å². The third-order valence-electron chi connectivity index (χ3n) is 4.46. The molecule has 0 fully saturated rings. The van der Waals surface area contributed by atoms with Gasteiger partial charge in [0.25, 0.3) is 0 Å². The van der Waals surface area contributed by atoms with E-state index in [4.69, 9.17) is 9.47 Å². The number of anilines is 1. The number of nitrogens with zero attached hydrogens (tertiary/aromatic N) is 1. The molecule has 0 saturated heterocycles. The lowest BCUT2D eigenvalue weighted by atomic mass is 10.0. The van der Waals surface area contributed by atoms with Crippen molar-refractivity contribution in [3.63, 3.8) is 0 Å². The molecule has 0 bridgehead atoms. The lowest BCUT2D eigenvalue weighted by Gasteiger charge is -2.30. The van der Waals surface area contributed by atoms with Gasteiger partial charge in [0.2, 0.25) is 5.91 Å². The number of hydrogen-bond acceptors (Lipinski definition) is 5. The molecular formula is C25H32N2O5. The number of benzene rings is 2. The molecule has 172 valence electrons. The van der Waals surface area contributed by atoms with Crippen LogP contribution in [0.15, 0.2) is 60.7 Å². The van der Waals surface area contributed by atoms with Crippen LogP contribution in [0.25, 0.3) is 0 Å². The zero-order valence-corrected chi connectivity index (χ0v) is 19.3. The second-order valence-electron chi connectivity index (χ2n) is 8.77. The Balaban J connectivity index is 2.15. The summed E-state index contributed by atoms with van der Waals surface area (Å²) in [5, 5.41) is 2.65. The fourth-order valence-electron chi connectivity index (χ4n) is 2.98. The van der Waals surface area contributed by atoms with Gasteiger partial charge in [-0.25, -0.2) is 4.79 Å². The van der Waals surface area contributed by atoms with E-state index in [1.807, 2.05) is 50.2 Å². The van der Waals surface area contributed by atoms with E-state index in [-0.39, 0.29) is 19.1 Å². The number of carbonyl (C=O) groups excluding carboxylic acids is 3. The number of amides is 2. The third-order valence-corrected chi connectivity index (χ3v) is 4.46. The van der Waals surface area contributed by atoms with Gasteiger partial charge in [-0.2, -0.15) is 0 Å². The van der Waals surface area contributed by atoms with Crippen molar-refractivity contribution in [3.8, 4) is 0 Å². The minimum absolute atomic E-state index is 0.0893. The van der Waals surface area contributed by atoms with E-state index in [1.54, 1.807) is 45.0 Å². The summed E-state index contributed by atoms with van der Waals surface area (Å²) >= 11 is 0. The Morgan fingerprint density at radius 1 is 0.938 bits per heavy atom. The highest BCUT2D eigenvalue weighted by Gasteiger charge is 2.32. The number of alkyl carbamates (subject to hydrolysis) is 1. The minimum atomic E-state index is -0.888. The van der Waals surface area contributed by atoms with Crippen LogP contribution in [0.5, 0.6) is 0 Å². The van der Waals surface area contributed by atoms with Gasteiger partial charge in [0.15, 0.2) is 0 Å². The van der Waals surface area contributed by atoms with Crippen LogP contribution in [0.3, 0.4) is 0 Å². The lowest BCUT2D eigenvalue weighted by molar-refractivity contribution is -0.153. The molecule has 1 N–H and O–H groups in total. The van der Waals surface area contributed by atoms with Crippen LogP contribution in [0, 0.1) is 5.92 Å². The number of hydrogen-bond donors (Lipinski definition) is 1. The highest BCUT2D eigenvalue weighted by molar-refractivity contribution is 6.02. The maximum atomic E-state index is 13.4. The standard InChI is InChI=1S/C25H32N2O5/c1-18(2)22(26-24(30)31-17-19-12-8-6-9-13-19)23(29)27(20-14-10-7-11-15-20)16-21(28)32-25(3,4)5/h6-15,18,22H,16-17H2,1-5H3,(H,26,30)/t22-/m0/s1. The third kappa shape index (κ3) is 8.06. The fourth-order valence-corrected chi connectivity index (χ4v) is 2.98. The van der Waals surface area contributed by atoms with Crippen molar-refractivity contribution < 1.29 is 23.9 Å². The summed E-state index contributed by atoms with van der Waals surface area (Å²) in [6, 6.07) is 17.2. The van der Waals surface area contributed by atoms with Crippen LogP contribution in [-0.4, -0.2) is 36.2 Å². The van der Waals surface area contributed by atoms with Crippen molar-refractivity contribution in [3.05, 3.63) is 66.2 Å². The smallest absolute Gasteiger partial charge is 0.408 e. The molecule has 0 unspecified atom stereocenters. The van der Waals surface area contributed by atoms with Crippen molar-refractivity contribution in [2.24, 2.45) is 5.92 Å². The van der Waals surface area contributed by atoms with Crippen molar-refractivity contribution in [1.29, 1.82) is 0 Å². The van der Waals surface area contributed by atoms with Crippen LogP contribution in [0.2, 0.25) is 0 Å². The summed E-state index contributed by atoms with van der Waals surface area (Å²) in [4.78, 5) is 39.7. The largest absolute Gasteiger partial charge is 0.459 e. The summed E-state index contributed by atoms with van der Waals surface area (Å²) in [6.45, 7) is 8.74. The second kappa shape index (κ2) is 11.3. The predicted octanol–water partition coefficient (Wildman–Crippen LogP) is 4.31. The van der Waals surface area contributed by atoms with Crippen LogP contribution in [-0.2, 0) is 25.7 Å². The van der Waals surface area contributed by atoms with Gasteiger partial charge in [0, 0.05) is 5.69 Å². The number of esters is 1. The molecule has 0 aliphatic heterocycles. The SMILES string of the molecule is CC(C)[C@H](NC(=O)OCc1ccccc1)C(=O)N(CC(=O)OC(C)(C)C)c1ccccc1. The van der Waals surface area contributed by atoms with E-state index in [0.29, 0.717) is 5.69 Å². The average Bonchev–Trinajstić information content (AvgIpc) is 2.74. The van der Waals surface area contributed by atoms with Crippen LogP contribution >= 0.6 is 0 Å². The molecule has 2 rings (SSSR count). The van der Waals surface area contributed by atoms with Gasteiger partial charge in [-0.05, 0) is 44.4 Å². The highest BCUT2D eigenvalue weighted by Crippen LogP contribution is 2.18. The first kappa shape index (κ1) is 24.9. The maximum Gasteiger partial charge on any atom is 0.408 e. The first-order valence-electron chi connectivity index (χ1n) is 10.6. The van der Waals surface area contributed by atoms with E-state index in [9.17, 15) is 14.4 Å². The molecule has 0 saturated carbocycles. The Kier molecular flexibility index (Phi) is 8.81. The Morgan fingerprint density at radius 2 is 1.50 bits per heavy atom.